The summed E-state index contributed by atoms with van der Waals surface area (Å²) in [5.74, 6) is 0.0231. The number of aliphatic hydroxyl groups is 1. The number of aromatic nitrogens is 1. The van der Waals surface area contributed by atoms with Crippen LogP contribution in [0.3, 0.4) is 0 Å². The monoisotopic (exact) mass is 250 g/mol. The lowest BCUT2D eigenvalue weighted by Crippen LogP contribution is -2.21. The second kappa shape index (κ2) is 5.93. The Hall–Kier alpha value is -1.46. The van der Waals surface area contributed by atoms with Crippen LogP contribution in [0.1, 0.15) is 22.5 Å². The minimum atomic E-state index is -0.365. The minimum Gasteiger partial charge on any atom is -0.465 e. The third-order valence-corrected chi connectivity index (χ3v) is 3.26. The van der Waals surface area contributed by atoms with Crippen molar-refractivity contribution >= 4 is 5.97 Å². The van der Waals surface area contributed by atoms with E-state index in [1.807, 2.05) is 6.07 Å². The first-order valence-corrected chi connectivity index (χ1v) is 6.09. The maximum absolute atomic E-state index is 11.3. The largest absolute Gasteiger partial charge is 0.465 e. The molecule has 0 bridgehead atoms. The first-order chi connectivity index (χ1) is 8.72. The minimum absolute atomic E-state index is 0.255. The van der Waals surface area contributed by atoms with Gasteiger partial charge in [0.25, 0.3) is 0 Å². The van der Waals surface area contributed by atoms with Crippen LogP contribution in [0.5, 0.6) is 0 Å². The number of hydrogen-bond donors (Lipinski definition) is 1. The van der Waals surface area contributed by atoms with Gasteiger partial charge in [0.05, 0.1) is 18.4 Å². The Kier molecular flexibility index (Phi) is 4.28. The molecule has 1 aliphatic rings. The molecule has 98 valence electrons. The summed E-state index contributed by atoms with van der Waals surface area (Å²) < 4.78 is 4.62. The predicted octanol–water partition coefficient (Wildman–Crippen LogP) is 0.682. The summed E-state index contributed by atoms with van der Waals surface area (Å²) in [7, 11) is 1.36. The van der Waals surface area contributed by atoms with Gasteiger partial charge < -0.3 is 9.84 Å². The van der Waals surface area contributed by atoms with Crippen molar-refractivity contribution in [3.63, 3.8) is 0 Å². The Bertz CT molecular complexity index is 405. The van der Waals surface area contributed by atoms with Gasteiger partial charge in [0.2, 0.25) is 0 Å². The van der Waals surface area contributed by atoms with Crippen LogP contribution in [-0.4, -0.2) is 47.8 Å². The smallest absolute Gasteiger partial charge is 0.339 e. The van der Waals surface area contributed by atoms with Crippen LogP contribution in [0.2, 0.25) is 0 Å². The lowest BCUT2D eigenvalue weighted by atomic mass is 10.1. The fraction of sp³-hybridized carbons (Fsp3) is 0.538. The molecule has 1 atom stereocenters. The topological polar surface area (TPSA) is 62.7 Å². The Morgan fingerprint density at radius 3 is 3.00 bits per heavy atom. The summed E-state index contributed by atoms with van der Waals surface area (Å²) in [5, 5.41) is 9.08. The number of pyridine rings is 1. The molecule has 1 aromatic heterocycles. The van der Waals surface area contributed by atoms with E-state index < -0.39 is 0 Å². The van der Waals surface area contributed by atoms with Crippen LogP contribution < -0.4 is 0 Å². The first kappa shape index (κ1) is 13.0. The summed E-state index contributed by atoms with van der Waals surface area (Å²) >= 11 is 0. The van der Waals surface area contributed by atoms with E-state index in [2.05, 4.69) is 14.6 Å². The molecule has 0 aromatic carbocycles. The predicted molar refractivity (Wildman–Crippen MR) is 66.0 cm³/mol. The van der Waals surface area contributed by atoms with Crippen LogP contribution in [0, 0.1) is 5.92 Å². The molecular weight excluding hydrogens is 232 g/mol. The molecule has 0 aliphatic carbocycles. The number of carbonyl (C=O) groups is 1. The fourth-order valence-corrected chi connectivity index (χ4v) is 2.19. The molecule has 1 saturated heterocycles. The molecule has 5 nitrogen and oxygen atoms in total. The van der Waals surface area contributed by atoms with Crippen molar-refractivity contribution in [2.24, 2.45) is 5.92 Å². The average Bonchev–Trinajstić information content (AvgIpc) is 2.86. The molecule has 1 fully saturated rings. The van der Waals surface area contributed by atoms with Gasteiger partial charge in [0, 0.05) is 25.9 Å². The molecule has 0 saturated carbocycles. The summed E-state index contributed by atoms with van der Waals surface area (Å²) in [4.78, 5) is 17.8. The van der Waals surface area contributed by atoms with Crippen LogP contribution in [0.15, 0.2) is 18.3 Å². The highest BCUT2D eigenvalue weighted by Crippen LogP contribution is 2.17. The Labute approximate surface area is 106 Å². The number of hydrogen-bond acceptors (Lipinski definition) is 5. The zero-order chi connectivity index (χ0) is 13.0. The quantitative estimate of drug-likeness (QED) is 0.796. The van der Waals surface area contributed by atoms with Crippen molar-refractivity contribution in [3.8, 4) is 0 Å². The zero-order valence-corrected chi connectivity index (χ0v) is 10.5. The number of aliphatic hydroxyl groups excluding tert-OH is 1. The second-order valence-electron chi connectivity index (χ2n) is 4.60. The van der Waals surface area contributed by atoms with Gasteiger partial charge in [0.1, 0.15) is 0 Å². The lowest BCUT2D eigenvalue weighted by molar-refractivity contribution is 0.0600. The molecule has 0 spiro atoms. The van der Waals surface area contributed by atoms with E-state index in [1.54, 1.807) is 12.3 Å². The van der Waals surface area contributed by atoms with Crippen molar-refractivity contribution in [1.29, 1.82) is 0 Å². The molecule has 1 aliphatic heterocycles. The highest BCUT2D eigenvalue weighted by atomic mass is 16.5. The highest BCUT2D eigenvalue weighted by molar-refractivity contribution is 5.88. The van der Waals surface area contributed by atoms with Gasteiger partial charge in [-0.15, -0.1) is 0 Å². The Balaban J connectivity index is 1.92. The molecule has 18 heavy (non-hydrogen) atoms. The van der Waals surface area contributed by atoms with Gasteiger partial charge >= 0.3 is 5.97 Å². The van der Waals surface area contributed by atoms with E-state index in [9.17, 15) is 4.79 Å². The molecule has 0 amide bonds. The number of nitrogens with zero attached hydrogens (tertiary/aromatic N) is 2. The Morgan fingerprint density at radius 1 is 1.61 bits per heavy atom. The maximum atomic E-state index is 11.3. The molecule has 1 aromatic rings. The van der Waals surface area contributed by atoms with Gasteiger partial charge in [-0.25, -0.2) is 4.79 Å². The van der Waals surface area contributed by atoms with Gasteiger partial charge in [-0.1, -0.05) is 0 Å². The van der Waals surface area contributed by atoms with E-state index in [1.165, 1.54) is 7.11 Å². The van der Waals surface area contributed by atoms with Crippen molar-refractivity contribution in [3.05, 3.63) is 29.6 Å². The van der Waals surface area contributed by atoms with Gasteiger partial charge in [-0.2, -0.15) is 0 Å². The van der Waals surface area contributed by atoms with Crippen molar-refractivity contribution in [2.75, 3.05) is 26.8 Å². The van der Waals surface area contributed by atoms with E-state index >= 15 is 0 Å². The van der Waals surface area contributed by atoms with Crippen molar-refractivity contribution < 1.29 is 14.6 Å². The van der Waals surface area contributed by atoms with Crippen LogP contribution >= 0.6 is 0 Å². The molecule has 1 unspecified atom stereocenters. The number of ether oxygens (including phenoxy) is 1. The van der Waals surface area contributed by atoms with Gasteiger partial charge in [-0.05, 0) is 31.0 Å². The van der Waals surface area contributed by atoms with E-state index in [-0.39, 0.29) is 12.6 Å². The van der Waals surface area contributed by atoms with Crippen LogP contribution in [-0.2, 0) is 11.3 Å². The fourth-order valence-electron chi connectivity index (χ4n) is 2.19. The summed E-state index contributed by atoms with van der Waals surface area (Å²) in [6, 6.07) is 3.58. The van der Waals surface area contributed by atoms with Crippen molar-refractivity contribution in [1.82, 2.24) is 9.88 Å². The third kappa shape index (κ3) is 3.05. The lowest BCUT2D eigenvalue weighted by Gasteiger charge is -2.14. The Morgan fingerprint density at radius 2 is 2.44 bits per heavy atom. The number of methoxy groups -OCH3 is 1. The number of carbonyl (C=O) groups excluding carboxylic acids is 1. The number of rotatable bonds is 4. The maximum Gasteiger partial charge on any atom is 0.339 e. The van der Waals surface area contributed by atoms with Gasteiger partial charge in [-0.3, -0.25) is 9.88 Å². The molecular formula is C13H18N2O3. The van der Waals surface area contributed by atoms with Crippen molar-refractivity contribution in [2.45, 2.75) is 13.0 Å². The summed E-state index contributed by atoms with van der Waals surface area (Å²) in [6.07, 6.45) is 2.58. The molecule has 0 radical (unpaired) electrons. The molecule has 2 heterocycles. The third-order valence-electron chi connectivity index (χ3n) is 3.26. The zero-order valence-electron chi connectivity index (χ0n) is 10.5. The molecule has 1 N–H and O–H groups in total. The summed E-state index contributed by atoms with van der Waals surface area (Å²) in [6.45, 7) is 2.92. The standard InChI is InChI=1S/C13H18N2O3/c1-18-13(17)11-2-3-12(14-6-11)8-15-5-4-10(7-15)9-16/h2-3,6,10,16H,4-5,7-9H2,1H3. The van der Waals surface area contributed by atoms with E-state index in [4.69, 9.17) is 5.11 Å². The first-order valence-electron chi connectivity index (χ1n) is 6.09. The van der Waals surface area contributed by atoms with Gasteiger partial charge in [0.15, 0.2) is 0 Å². The number of esters is 1. The molecule has 2 rings (SSSR count). The average molecular weight is 250 g/mol. The van der Waals surface area contributed by atoms with E-state index in [0.717, 1.165) is 31.7 Å². The molecule has 5 heteroatoms. The second-order valence-corrected chi connectivity index (χ2v) is 4.60. The highest BCUT2D eigenvalue weighted by Gasteiger charge is 2.21. The summed E-state index contributed by atoms with van der Waals surface area (Å²) in [5.41, 5.74) is 1.40. The van der Waals surface area contributed by atoms with Crippen LogP contribution in [0.25, 0.3) is 0 Å². The normalized spacial score (nSPS) is 20.0. The SMILES string of the molecule is COC(=O)c1ccc(CN2CCC(CO)C2)nc1. The van der Waals surface area contributed by atoms with E-state index in [0.29, 0.717) is 11.5 Å². The van der Waals surface area contributed by atoms with Crippen LogP contribution in [0.4, 0.5) is 0 Å². The number of likely N-dealkylation sites (tertiary alicyclic amines) is 1.